The van der Waals surface area contributed by atoms with Gasteiger partial charge in [0.25, 0.3) is 0 Å². The molecule has 0 bridgehead atoms. The van der Waals surface area contributed by atoms with E-state index in [1.807, 2.05) is 7.05 Å². The minimum Gasteiger partial charge on any atom is -0.313 e. The van der Waals surface area contributed by atoms with Gasteiger partial charge in [-0.1, -0.05) is 18.2 Å². The van der Waals surface area contributed by atoms with E-state index in [2.05, 4.69) is 43.3 Å². The van der Waals surface area contributed by atoms with Crippen molar-refractivity contribution in [3.05, 3.63) is 34.9 Å². The SMILES string of the molecule is C#CCCCC(NC)c1cccc(C)c1C. The predicted octanol–water partition coefficient (Wildman–Crippen LogP) is 3.37. The normalized spacial score (nSPS) is 12.1. The Morgan fingerprint density at radius 3 is 2.75 bits per heavy atom. The van der Waals surface area contributed by atoms with Crippen molar-refractivity contribution in [2.45, 2.75) is 39.2 Å². The molecule has 0 aliphatic rings. The van der Waals surface area contributed by atoms with Crippen molar-refractivity contribution in [1.82, 2.24) is 5.32 Å². The Morgan fingerprint density at radius 1 is 1.38 bits per heavy atom. The fourth-order valence-corrected chi connectivity index (χ4v) is 2.01. The van der Waals surface area contributed by atoms with Crippen molar-refractivity contribution in [3.8, 4) is 12.3 Å². The van der Waals surface area contributed by atoms with E-state index in [1.165, 1.54) is 16.7 Å². The molecular formula is C15H21N. The van der Waals surface area contributed by atoms with Crippen LogP contribution in [0.25, 0.3) is 0 Å². The summed E-state index contributed by atoms with van der Waals surface area (Å²) in [6, 6.07) is 6.92. The number of hydrogen-bond donors (Lipinski definition) is 1. The molecule has 0 saturated heterocycles. The largest absolute Gasteiger partial charge is 0.313 e. The third-order valence-corrected chi connectivity index (χ3v) is 3.18. The average molecular weight is 215 g/mol. The number of unbranched alkanes of at least 4 members (excludes halogenated alkanes) is 1. The van der Waals surface area contributed by atoms with Crippen LogP contribution in [0.1, 0.15) is 42.0 Å². The maximum atomic E-state index is 5.28. The topological polar surface area (TPSA) is 12.0 Å². The van der Waals surface area contributed by atoms with E-state index >= 15 is 0 Å². The Kier molecular flexibility index (Phi) is 5.08. The Bertz CT molecular complexity index is 374. The van der Waals surface area contributed by atoms with Gasteiger partial charge in [-0.2, -0.15) is 0 Å². The molecule has 0 heterocycles. The van der Waals surface area contributed by atoms with Gasteiger partial charge in [-0.3, -0.25) is 0 Å². The van der Waals surface area contributed by atoms with Crippen LogP contribution < -0.4 is 5.32 Å². The molecule has 1 aromatic carbocycles. The van der Waals surface area contributed by atoms with Crippen LogP contribution in [0, 0.1) is 26.2 Å². The molecule has 1 heteroatoms. The fraction of sp³-hybridized carbons (Fsp3) is 0.467. The van der Waals surface area contributed by atoms with Gasteiger partial charge < -0.3 is 5.32 Å². The summed E-state index contributed by atoms with van der Waals surface area (Å²) in [5.74, 6) is 2.70. The summed E-state index contributed by atoms with van der Waals surface area (Å²) in [6.45, 7) is 4.35. The first-order valence-corrected chi connectivity index (χ1v) is 5.87. The van der Waals surface area contributed by atoms with Crippen molar-refractivity contribution in [2.24, 2.45) is 0 Å². The zero-order valence-electron chi connectivity index (χ0n) is 10.5. The minimum atomic E-state index is 0.424. The van der Waals surface area contributed by atoms with Crippen molar-refractivity contribution in [2.75, 3.05) is 7.05 Å². The molecule has 1 unspecified atom stereocenters. The summed E-state index contributed by atoms with van der Waals surface area (Å²) in [5.41, 5.74) is 4.15. The number of hydrogen-bond acceptors (Lipinski definition) is 1. The standard InChI is InChI=1S/C15H21N/c1-5-6-7-11-15(16-4)14-10-8-9-12(2)13(14)3/h1,8-10,15-16H,6-7,11H2,2-4H3. The van der Waals surface area contributed by atoms with Gasteiger partial charge in [-0.05, 0) is 50.4 Å². The molecule has 1 aromatic rings. The van der Waals surface area contributed by atoms with Crippen LogP contribution >= 0.6 is 0 Å². The maximum absolute atomic E-state index is 5.28. The predicted molar refractivity (Wildman–Crippen MR) is 70.4 cm³/mol. The van der Waals surface area contributed by atoms with Gasteiger partial charge in [-0.15, -0.1) is 12.3 Å². The van der Waals surface area contributed by atoms with Gasteiger partial charge in [0.15, 0.2) is 0 Å². The van der Waals surface area contributed by atoms with Gasteiger partial charge >= 0.3 is 0 Å². The molecule has 1 rings (SSSR count). The van der Waals surface area contributed by atoms with Crippen LogP contribution in [-0.2, 0) is 0 Å². The third kappa shape index (κ3) is 3.12. The Labute approximate surface area is 99.3 Å². The van der Waals surface area contributed by atoms with Crippen LogP contribution in [0.2, 0.25) is 0 Å². The smallest absolute Gasteiger partial charge is 0.0320 e. The molecule has 1 N–H and O–H groups in total. The third-order valence-electron chi connectivity index (χ3n) is 3.18. The summed E-state index contributed by atoms with van der Waals surface area (Å²) in [5, 5.41) is 3.38. The van der Waals surface area contributed by atoms with Crippen LogP contribution in [0.3, 0.4) is 0 Å². The van der Waals surface area contributed by atoms with Crippen molar-refractivity contribution < 1.29 is 0 Å². The number of rotatable bonds is 5. The van der Waals surface area contributed by atoms with Crippen LogP contribution in [-0.4, -0.2) is 7.05 Å². The lowest BCUT2D eigenvalue weighted by molar-refractivity contribution is 0.529. The first-order valence-electron chi connectivity index (χ1n) is 5.87. The first-order chi connectivity index (χ1) is 7.70. The van der Waals surface area contributed by atoms with Crippen molar-refractivity contribution in [3.63, 3.8) is 0 Å². The van der Waals surface area contributed by atoms with Gasteiger partial charge in [-0.25, -0.2) is 0 Å². The molecule has 0 saturated carbocycles. The van der Waals surface area contributed by atoms with Crippen molar-refractivity contribution in [1.29, 1.82) is 0 Å². The van der Waals surface area contributed by atoms with Gasteiger partial charge in [0, 0.05) is 12.5 Å². The molecule has 86 valence electrons. The highest BCUT2D eigenvalue weighted by Crippen LogP contribution is 2.24. The molecule has 1 nitrogen and oxygen atoms in total. The van der Waals surface area contributed by atoms with Gasteiger partial charge in [0.05, 0.1) is 0 Å². The van der Waals surface area contributed by atoms with Crippen molar-refractivity contribution >= 4 is 0 Å². The Morgan fingerprint density at radius 2 is 2.12 bits per heavy atom. The van der Waals surface area contributed by atoms with Crippen LogP contribution in [0.4, 0.5) is 0 Å². The summed E-state index contributed by atoms with van der Waals surface area (Å²) in [7, 11) is 2.02. The highest BCUT2D eigenvalue weighted by atomic mass is 14.9. The zero-order valence-corrected chi connectivity index (χ0v) is 10.5. The van der Waals surface area contributed by atoms with E-state index in [-0.39, 0.29) is 0 Å². The molecule has 1 atom stereocenters. The monoisotopic (exact) mass is 215 g/mol. The zero-order chi connectivity index (χ0) is 12.0. The molecule has 0 fully saturated rings. The number of aryl methyl sites for hydroxylation is 1. The van der Waals surface area contributed by atoms with Crippen LogP contribution in [0.15, 0.2) is 18.2 Å². The highest BCUT2D eigenvalue weighted by Gasteiger charge is 2.11. The summed E-state index contributed by atoms with van der Waals surface area (Å²) in [6.07, 6.45) is 8.32. The second kappa shape index (κ2) is 6.35. The van der Waals surface area contributed by atoms with E-state index in [1.54, 1.807) is 0 Å². The second-order valence-electron chi connectivity index (χ2n) is 4.23. The molecule has 0 aliphatic carbocycles. The average Bonchev–Trinajstić information content (AvgIpc) is 2.29. The molecular weight excluding hydrogens is 194 g/mol. The van der Waals surface area contributed by atoms with E-state index in [4.69, 9.17) is 6.42 Å². The lowest BCUT2D eigenvalue weighted by Gasteiger charge is -2.19. The van der Waals surface area contributed by atoms with Gasteiger partial charge in [0.1, 0.15) is 0 Å². The first kappa shape index (κ1) is 12.8. The van der Waals surface area contributed by atoms with E-state index in [0.29, 0.717) is 6.04 Å². The molecule has 0 amide bonds. The molecule has 0 radical (unpaired) electrons. The van der Waals surface area contributed by atoms with Gasteiger partial charge in [0.2, 0.25) is 0 Å². The lowest BCUT2D eigenvalue weighted by atomic mass is 9.94. The van der Waals surface area contributed by atoms with E-state index in [0.717, 1.165) is 19.3 Å². The Balaban J connectivity index is 2.79. The quantitative estimate of drug-likeness (QED) is 0.586. The summed E-state index contributed by atoms with van der Waals surface area (Å²) in [4.78, 5) is 0. The molecule has 0 aliphatic heterocycles. The Hall–Kier alpha value is -1.26. The molecule has 0 aromatic heterocycles. The van der Waals surface area contributed by atoms with E-state index < -0.39 is 0 Å². The highest BCUT2D eigenvalue weighted by molar-refractivity contribution is 5.35. The molecule has 0 spiro atoms. The second-order valence-corrected chi connectivity index (χ2v) is 4.23. The summed E-state index contributed by atoms with van der Waals surface area (Å²) >= 11 is 0. The lowest BCUT2D eigenvalue weighted by Crippen LogP contribution is -2.17. The number of benzene rings is 1. The summed E-state index contributed by atoms with van der Waals surface area (Å²) < 4.78 is 0. The number of nitrogens with one attached hydrogen (secondary N) is 1. The number of terminal acetylenes is 1. The van der Waals surface area contributed by atoms with E-state index in [9.17, 15) is 0 Å². The maximum Gasteiger partial charge on any atom is 0.0320 e. The molecule has 16 heavy (non-hydrogen) atoms. The minimum absolute atomic E-state index is 0.424. The van der Waals surface area contributed by atoms with Crippen LogP contribution in [0.5, 0.6) is 0 Å². The fourth-order valence-electron chi connectivity index (χ4n) is 2.01.